The van der Waals surface area contributed by atoms with E-state index >= 15 is 0 Å². The van der Waals surface area contributed by atoms with Crippen molar-refractivity contribution < 1.29 is 19.5 Å². The minimum Gasteiger partial charge on any atom is -0.481 e. The molecular formula is C25H22N2O4. The van der Waals surface area contributed by atoms with Gasteiger partial charge in [-0.1, -0.05) is 78.9 Å². The maximum Gasteiger partial charge on any atom is 0.305 e. The zero-order valence-corrected chi connectivity index (χ0v) is 16.7. The molecule has 0 aliphatic heterocycles. The molecule has 0 aliphatic carbocycles. The number of aliphatic carboxylic acids is 1. The molecule has 0 aliphatic rings. The molecular weight excluding hydrogens is 392 g/mol. The number of nitrogens with one attached hydrogen (secondary N) is 2. The molecule has 31 heavy (non-hydrogen) atoms. The van der Waals surface area contributed by atoms with E-state index in [0.717, 1.165) is 5.56 Å². The summed E-state index contributed by atoms with van der Waals surface area (Å²) in [6.45, 7) is 0. The number of rotatable bonds is 8. The van der Waals surface area contributed by atoms with Gasteiger partial charge in [0.15, 0.2) is 0 Å². The van der Waals surface area contributed by atoms with Crippen molar-refractivity contribution in [2.75, 3.05) is 0 Å². The lowest BCUT2D eigenvalue weighted by Gasteiger charge is -2.19. The zero-order valence-electron chi connectivity index (χ0n) is 16.7. The standard InChI is InChI=1S/C25H22N2O4/c28-23(29)17-21(19-12-6-2-7-13-19)26-25(31)22(16-18-10-4-1-5-11-18)27-24(30)20-14-8-3-9-15-20/h1-16,21H,17H2,(H,26,31)(H,27,30)(H,28,29)/b22-16-/t21-/m0/s1. The average Bonchev–Trinajstić information content (AvgIpc) is 2.79. The number of carboxylic acid groups (broad SMARTS) is 1. The summed E-state index contributed by atoms with van der Waals surface area (Å²) in [5, 5.41) is 14.7. The predicted molar refractivity (Wildman–Crippen MR) is 118 cm³/mol. The Morgan fingerprint density at radius 2 is 1.35 bits per heavy atom. The quantitative estimate of drug-likeness (QED) is 0.489. The van der Waals surface area contributed by atoms with Gasteiger partial charge in [-0.05, 0) is 29.3 Å². The normalized spacial score (nSPS) is 11.9. The van der Waals surface area contributed by atoms with Crippen LogP contribution in [0.25, 0.3) is 6.08 Å². The summed E-state index contributed by atoms with van der Waals surface area (Å²) in [4.78, 5) is 37.1. The summed E-state index contributed by atoms with van der Waals surface area (Å²) in [6, 6.07) is 25.7. The topological polar surface area (TPSA) is 95.5 Å². The molecule has 6 heteroatoms. The van der Waals surface area contributed by atoms with E-state index in [4.69, 9.17) is 0 Å². The van der Waals surface area contributed by atoms with Crippen molar-refractivity contribution in [1.82, 2.24) is 10.6 Å². The Labute approximate surface area is 180 Å². The monoisotopic (exact) mass is 414 g/mol. The third kappa shape index (κ3) is 6.40. The van der Waals surface area contributed by atoms with Gasteiger partial charge < -0.3 is 15.7 Å². The van der Waals surface area contributed by atoms with Gasteiger partial charge in [-0.25, -0.2) is 0 Å². The second-order valence-corrected chi connectivity index (χ2v) is 6.82. The van der Waals surface area contributed by atoms with E-state index in [0.29, 0.717) is 11.1 Å². The van der Waals surface area contributed by atoms with Crippen LogP contribution in [0.4, 0.5) is 0 Å². The van der Waals surface area contributed by atoms with Crippen LogP contribution in [0.15, 0.2) is 96.7 Å². The molecule has 3 aromatic rings. The second-order valence-electron chi connectivity index (χ2n) is 6.82. The summed E-state index contributed by atoms with van der Waals surface area (Å²) in [5.41, 5.74) is 1.80. The van der Waals surface area contributed by atoms with Crippen molar-refractivity contribution in [3.05, 3.63) is 113 Å². The fraction of sp³-hybridized carbons (Fsp3) is 0.0800. The molecule has 0 unspecified atom stereocenters. The summed E-state index contributed by atoms with van der Waals surface area (Å²) in [7, 11) is 0. The first-order valence-corrected chi connectivity index (χ1v) is 9.73. The van der Waals surface area contributed by atoms with Crippen LogP contribution in [-0.4, -0.2) is 22.9 Å². The first-order valence-electron chi connectivity index (χ1n) is 9.73. The van der Waals surface area contributed by atoms with Crippen LogP contribution >= 0.6 is 0 Å². The lowest BCUT2D eigenvalue weighted by Crippen LogP contribution is -2.37. The third-order valence-electron chi connectivity index (χ3n) is 4.53. The minimum absolute atomic E-state index is 0.0198. The molecule has 6 nitrogen and oxygen atoms in total. The smallest absolute Gasteiger partial charge is 0.305 e. The van der Waals surface area contributed by atoms with Crippen molar-refractivity contribution in [1.29, 1.82) is 0 Å². The highest BCUT2D eigenvalue weighted by atomic mass is 16.4. The average molecular weight is 414 g/mol. The minimum atomic E-state index is -1.05. The molecule has 0 radical (unpaired) electrons. The van der Waals surface area contributed by atoms with E-state index < -0.39 is 23.8 Å². The van der Waals surface area contributed by atoms with Crippen LogP contribution in [-0.2, 0) is 9.59 Å². The SMILES string of the molecule is O=C(O)C[C@H](NC(=O)/C(=C/c1ccccc1)NC(=O)c1ccccc1)c1ccccc1. The highest BCUT2D eigenvalue weighted by molar-refractivity contribution is 6.05. The molecule has 0 spiro atoms. The van der Waals surface area contributed by atoms with Crippen molar-refractivity contribution in [3.63, 3.8) is 0 Å². The lowest BCUT2D eigenvalue weighted by atomic mass is 10.0. The molecule has 0 saturated heterocycles. The number of hydrogen-bond acceptors (Lipinski definition) is 3. The first kappa shape index (κ1) is 21.5. The molecule has 0 heterocycles. The summed E-state index contributed by atoms with van der Waals surface area (Å²) in [6.07, 6.45) is 1.26. The van der Waals surface area contributed by atoms with Gasteiger partial charge in [-0.3, -0.25) is 14.4 Å². The first-order chi connectivity index (χ1) is 15.0. The molecule has 156 valence electrons. The van der Waals surface area contributed by atoms with Gasteiger partial charge in [-0.15, -0.1) is 0 Å². The van der Waals surface area contributed by atoms with E-state index in [1.54, 1.807) is 72.8 Å². The number of carbonyl (C=O) groups is 3. The lowest BCUT2D eigenvalue weighted by molar-refractivity contribution is -0.137. The Bertz CT molecular complexity index is 1060. The number of carbonyl (C=O) groups excluding carboxylic acids is 2. The Morgan fingerprint density at radius 1 is 0.806 bits per heavy atom. The van der Waals surface area contributed by atoms with Gasteiger partial charge in [0.2, 0.25) is 0 Å². The van der Waals surface area contributed by atoms with Crippen molar-refractivity contribution in [3.8, 4) is 0 Å². The van der Waals surface area contributed by atoms with Crippen LogP contribution < -0.4 is 10.6 Å². The molecule has 3 N–H and O–H groups in total. The van der Waals surface area contributed by atoms with Crippen LogP contribution in [0.5, 0.6) is 0 Å². The summed E-state index contributed by atoms with van der Waals surface area (Å²) >= 11 is 0. The zero-order chi connectivity index (χ0) is 22.1. The van der Waals surface area contributed by atoms with E-state index in [9.17, 15) is 19.5 Å². The van der Waals surface area contributed by atoms with Gasteiger partial charge >= 0.3 is 5.97 Å². The third-order valence-corrected chi connectivity index (χ3v) is 4.53. The van der Waals surface area contributed by atoms with Crippen molar-refractivity contribution in [2.24, 2.45) is 0 Å². The predicted octanol–water partition coefficient (Wildman–Crippen LogP) is 3.79. The fourth-order valence-corrected chi connectivity index (χ4v) is 3.01. The molecule has 0 saturated carbocycles. The summed E-state index contributed by atoms with van der Waals surface area (Å²) in [5.74, 6) is -2.06. The Balaban J connectivity index is 1.88. The number of carboxylic acids is 1. The van der Waals surface area contributed by atoms with Gasteiger partial charge in [0, 0.05) is 5.56 Å². The largest absolute Gasteiger partial charge is 0.481 e. The van der Waals surface area contributed by atoms with Gasteiger partial charge in [0.1, 0.15) is 5.70 Å². The van der Waals surface area contributed by atoms with Gasteiger partial charge in [0.05, 0.1) is 12.5 Å². The van der Waals surface area contributed by atoms with E-state index in [-0.39, 0.29) is 12.1 Å². The molecule has 0 bridgehead atoms. The number of amides is 2. The maximum atomic E-state index is 13.1. The van der Waals surface area contributed by atoms with E-state index in [2.05, 4.69) is 10.6 Å². The highest BCUT2D eigenvalue weighted by Crippen LogP contribution is 2.18. The van der Waals surface area contributed by atoms with E-state index in [1.165, 1.54) is 0 Å². The number of hydrogen-bond donors (Lipinski definition) is 3. The van der Waals surface area contributed by atoms with Gasteiger partial charge in [0.25, 0.3) is 11.8 Å². The van der Waals surface area contributed by atoms with Crippen LogP contribution in [0.3, 0.4) is 0 Å². The van der Waals surface area contributed by atoms with Crippen LogP contribution in [0.1, 0.15) is 33.9 Å². The fourth-order valence-electron chi connectivity index (χ4n) is 3.01. The molecule has 3 rings (SSSR count). The van der Waals surface area contributed by atoms with Crippen molar-refractivity contribution in [2.45, 2.75) is 12.5 Å². The van der Waals surface area contributed by atoms with E-state index in [1.807, 2.05) is 24.3 Å². The van der Waals surface area contributed by atoms with Crippen molar-refractivity contribution >= 4 is 23.9 Å². The molecule has 3 aromatic carbocycles. The molecule has 0 aromatic heterocycles. The highest BCUT2D eigenvalue weighted by Gasteiger charge is 2.21. The Morgan fingerprint density at radius 3 is 1.94 bits per heavy atom. The Hall–Kier alpha value is -4.19. The molecule has 1 atom stereocenters. The maximum absolute atomic E-state index is 13.1. The second kappa shape index (κ2) is 10.5. The molecule has 2 amide bonds. The van der Waals surface area contributed by atoms with Crippen LogP contribution in [0.2, 0.25) is 0 Å². The Kier molecular flexibility index (Phi) is 7.32. The van der Waals surface area contributed by atoms with Gasteiger partial charge in [-0.2, -0.15) is 0 Å². The number of benzene rings is 3. The molecule has 0 fully saturated rings. The van der Waals surface area contributed by atoms with Crippen LogP contribution in [0, 0.1) is 0 Å². The summed E-state index contributed by atoms with van der Waals surface area (Å²) < 4.78 is 0.